The van der Waals surface area contributed by atoms with Crippen molar-refractivity contribution in [3.8, 4) is 0 Å². The maximum atomic E-state index is 12.2. The molecule has 2 nitrogen and oxygen atoms in total. The van der Waals surface area contributed by atoms with E-state index in [2.05, 4.69) is 0 Å². The lowest BCUT2D eigenvalue weighted by atomic mass is 9.75. The van der Waals surface area contributed by atoms with Crippen molar-refractivity contribution in [2.45, 2.75) is 51.4 Å². The van der Waals surface area contributed by atoms with Crippen LogP contribution in [-0.4, -0.2) is 11.6 Å². The molecule has 0 aromatic heterocycles. The fraction of sp³-hybridized carbons (Fsp3) is 0.857. The van der Waals surface area contributed by atoms with Crippen LogP contribution in [0.3, 0.4) is 0 Å². The molecule has 3 saturated carbocycles. The van der Waals surface area contributed by atoms with Gasteiger partial charge in [-0.2, -0.15) is 0 Å². The Kier molecular flexibility index (Phi) is 2.61. The quantitative estimate of drug-likeness (QED) is 0.629. The Bertz CT molecular complexity index is 289. The van der Waals surface area contributed by atoms with Gasteiger partial charge in [0.2, 0.25) is 0 Å². The van der Waals surface area contributed by atoms with Crippen molar-refractivity contribution < 1.29 is 9.59 Å². The normalized spacial score (nSPS) is 43.8. The molecule has 16 heavy (non-hydrogen) atoms. The van der Waals surface area contributed by atoms with Gasteiger partial charge in [-0.25, -0.2) is 0 Å². The lowest BCUT2D eigenvalue weighted by Crippen LogP contribution is -2.32. The van der Waals surface area contributed by atoms with Crippen molar-refractivity contribution in [1.29, 1.82) is 0 Å². The van der Waals surface area contributed by atoms with Gasteiger partial charge in [0.1, 0.15) is 11.6 Å². The second-order valence-corrected chi connectivity index (χ2v) is 5.94. The molecular weight excluding hydrogens is 200 g/mol. The first-order chi connectivity index (χ1) is 7.75. The lowest BCUT2D eigenvalue weighted by Gasteiger charge is -2.27. The van der Waals surface area contributed by atoms with E-state index < -0.39 is 0 Å². The van der Waals surface area contributed by atoms with Crippen LogP contribution in [0.5, 0.6) is 0 Å². The van der Waals surface area contributed by atoms with Gasteiger partial charge in [-0.3, -0.25) is 9.59 Å². The van der Waals surface area contributed by atoms with Crippen LogP contribution in [0, 0.1) is 23.7 Å². The molecule has 3 rings (SSSR count). The van der Waals surface area contributed by atoms with Gasteiger partial charge >= 0.3 is 0 Å². The van der Waals surface area contributed by atoms with Gasteiger partial charge in [0.15, 0.2) is 0 Å². The van der Waals surface area contributed by atoms with Crippen LogP contribution in [0.15, 0.2) is 0 Å². The predicted octanol–water partition coefficient (Wildman–Crippen LogP) is 2.75. The molecule has 0 radical (unpaired) electrons. The summed E-state index contributed by atoms with van der Waals surface area (Å²) in [6, 6.07) is 0. The number of carbonyl (C=O) groups is 2. The minimum absolute atomic E-state index is 0.241. The van der Waals surface area contributed by atoms with Gasteiger partial charge < -0.3 is 0 Å². The number of carbonyl (C=O) groups excluding carboxylic acids is 2. The summed E-state index contributed by atoms with van der Waals surface area (Å²) >= 11 is 0. The highest BCUT2D eigenvalue weighted by molar-refractivity contribution is 5.88. The van der Waals surface area contributed by atoms with Crippen molar-refractivity contribution in [1.82, 2.24) is 0 Å². The number of Topliss-reactive ketones (excluding diaryl/α,β-unsaturated/α-hetero) is 2. The van der Waals surface area contributed by atoms with Crippen LogP contribution >= 0.6 is 0 Å². The van der Waals surface area contributed by atoms with Gasteiger partial charge in [0.05, 0.1) is 0 Å². The summed E-state index contributed by atoms with van der Waals surface area (Å²) in [4.78, 5) is 24.4. The van der Waals surface area contributed by atoms with E-state index in [1.165, 1.54) is 0 Å². The molecule has 0 amide bonds. The number of ketones is 2. The van der Waals surface area contributed by atoms with Crippen molar-refractivity contribution in [2.24, 2.45) is 23.7 Å². The van der Waals surface area contributed by atoms with Crippen LogP contribution in [0.1, 0.15) is 51.4 Å². The summed E-state index contributed by atoms with van der Waals surface area (Å²) in [5.74, 6) is 2.25. The van der Waals surface area contributed by atoms with Gasteiger partial charge in [0, 0.05) is 24.7 Å². The Morgan fingerprint density at radius 1 is 0.688 bits per heavy atom. The average Bonchev–Trinajstić information content (AvgIpc) is 2.84. The highest BCUT2D eigenvalue weighted by atomic mass is 16.1. The Hall–Kier alpha value is -0.660. The third kappa shape index (κ3) is 1.63. The Labute approximate surface area is 96.8 Å². The lowest BCUT2D eigenvalue weighted by molar-refractivity contribution is -0.131. The molecule has 0 aromatic carbocycles. The van der Waals surface area contributed by atoms with Crippen LogP contribution < -0.4 is 0 Å². The Morgan fingerprint density at radius 2 is 1.12 bits per heavy atom. The largest absolute Gasteiger partial charge is 0.299 e. The van der Waals surface area contributed by atoms with Crippen molar-refractivity contribution in [3.63, 3.8) is 0 Å². The number of rotatable bonds is 0. The van der Waals surface area contributed by atoms with Crippen LogP contribution in [0.2, 0.25) is 0 Å². The van der Waals surface area contributed by atoms with E-state index in [1.807, 2.05) is 0 Å². The number of hydrogen-bond donors (Lipinski definition) is 0. The van der Waals surface area contributed by atoms with Crippen molar-refractivity contribution >= 4 is 11.6 Å². The van der Waals surface area contributed by atoms with Gasteiger partial charge in [-0.05, 0) is 37.5 Å². The molecular formula is C14H20O2. The minimum Gasteiger partial charge on any atom is -0.299 e. The maximum absolute atomic E-state index is 12.2. The average molecular weight is 220 g/mol. The fourth-order valence-corrected chi connectivity index (χ4v) is 4.23. The molecule has 0 aliphatic heterocycles. The van der Waals surface area contributed by atoms with E-state index in [9.17, 15) is 9.59 Å². The molecule has 0 saturated heterocycles. The first-order valence-electron chi connectivity index (χ1n) is 6.81. The molecule has 3 fully saturated rings. The number of fused-ring (bicyclic) bond motifs is 2. The molecule has 2 heteroatoms. The third-order valence-corrected chi connectivity index (χ3v) is 5.07. The van der Waals surface area contributed by atoms with E-state index in [1.54, 1.807) is 0 Å². The highest BCUT2D eigenvalue weighted by Gasteiger charge is 2.42. The summed E-state index contributed by atoms with van der Waals surface area (Å²) in [5, 5.41) is 0. The molecule has 0 unspecified atom stereocenters. The van der Waals surface area contributed by atoms with E-state index in [0.717, 1.165) is 38.5 Å². The first-order valence-corrected chi connectivity index (χ1v) is 6.81. The SMILES string of the molecule is O=C1C[C@H]2CCC[C@H]2C(=O)C[C@@H]2CCC[C@H]12. The van der Waals surface area contributed by atoms with Crippen LogP contribution in [0.4, 0.5) is 0 Å². The van der Waals surface area contributed by atoms with E-state index >= 15 is 0 Å². The molecule has 0 heterocycles. The maximum Gasteiger partial charge on any atom is 0.136 e. The summed E-state index contributed by atoms with van der Waals surface area (Å²) in [5.41, 5.74) is 0. The van der Waals surface area contributed by atoms with Crippen molar-refractivity contribution in [2.75, 3.05) is 0 Å². The predicted molar refractivity (Wildman–Crippen MR) is 60.9 cm³/mol. The summed E-state index contributed by atoms with van der Waals surface area (Å²) in [7, 11) is 0. The zero-order valence-electron chi connectivity index (χ0n) is 9.78. The minimum atomic E-state index is 0.241. The molecule has 88 valence electrons. The molecule has 3 aliphatic rings. The molecule has 4 atom stereocenters. The first kappa shape index (κ1) is 10.5. The summed E-state index contributed by atoms with van der Waals surface area (Å²) in [6.07, 6.45) is 8.05. The van der Waals surface area contributed by atoms with E-state index in [4.69, 9.17) is 0 Å². The standard InChI is InChI=1S/C14H20O2/c15-13-8-10-4-2-6-12(10)14(16)7-9-3-1-5-11(9)13/h9-12H,1-8H2/t9-,10+,11-,12+. The fourth-order valence-electron chi connectivity index (χ4n) is 4.23. The monoisotopic (exact) mass is 220 g/mol. The molecule has 3 aliphatic carbocycles. The van der Waals surface area contributed by atoms with Crippen LogP contribution in [0.25, 0.3) is 0 Å². The van der Waals surface area contributed by atoms with E-state index in [0.29, 0.717) is 36.2 Å². The summed E-state index contributed by atoms with van der Waals surface area (Å²) in [6.45, 7) is 0. The van der Waals surface area contributed by atoms with Gasteiger partial charge in [-0.1, -0.05) is 12.8 Å². The second kappa shape index (κ2) is 3.97. The zero-order chi connectivity index (χ0) is 11.1. The topological polar surface area (TPSA) is 34.1 Å². The molecule has 0 aromatic rings. The highest BCUT2D eigenvalue weighted by Crippen LogP contribution is 2.44. The Balaban J connectivity index is 1.84. The van der Waals surface area contributed by atoms with E-state index in [-0.39, 0.29) is 11.8 Å². The van der Waals surface area contributed by atoms with Gasteiger partial charge in [0.25, 0.3) is 0 Å². The van der Waals surface area contributed by atoms with Crippen molar-refractivity contribution in [3.05, 3.63) is 0 Å². The Morgan fingerprint density at radius 3 is 1.56 bits per heavy atom. The zero-order valence-corrected chi connectivity index (χ0v) is 9.78. The molecule has 0 spiro atoms. The van der Waals surface area contributed by atoms with Gasteiger partial charge in [-0.15, -0.1) is 0 Å². The smallest absolute Gasteiger partial charge is 0.136 e. The molecule has 0 bridgehead atoms. The van der Waals surface area contributed by atoms with Crippen LogP contribution in [-0.2, 0) is 9.59 Å². The number of hydrogen-bond acceptors (Lipinski definition) is 2. The summed E-state index contributed by atoms with van der Waals surface area (Å²) < 4.78 is 0. The third-order valence-electron chi connectivity index (χ3n) is 5.07. The molecule has 0 N–H and O–H groups in total. The second-order valence-electron chi connectivity index (χ2n) is 5.94.